The number of methoxy groups -OCH3 is 2. The summed E-state index contributed by atoms with van der Waals surface area (Å²) in [6.07, 6.45) is 1.55. The Labute approximate surface area is 219 Å². The summed E-state index contributed by atoms with van der Waals surface area (Å²) in [4.78, 5) is 41.7. The summed E-state index contributed by atoms with van der Waals surface area (Å²) in [5.41, 5.74) is 8.15. The van der Waals surface area contributed by atoms with Gasteiger partial charge in [-0.3, -0.25) is 4.79 Å². The van der Waals surface area contributed by atoms with Crippen molar-refractivity contribution >= 4 is 35.1 Å². The molecule has 38 heavy (non-hydrogen) atoms. The topological polar surface area (TPSA) is 117 Å². The Hall–Kier alpha value is -4.73. The minimum Gasteiger partial charge on any atom is -0.465 e. The number of imidazole rings is 1. The summed E-state index contributed by atoms with van der Waals surface area (Å²) in [5.74, 6) is -0.601. The predicted octanol–water partition coefficient (Wildman–Crippen LogP) is 4.11. The molecule has 0 fully saturated rings. The highest BCUT2D eigenvalue weighted by Crippen LogP contribution is 2.23. The monoisotopic (exact) mass is 515 g/mol. The number of amides is 1. The minimum absolute atomic E-state index is 0.219. The zero-order valence-electron chi connectivity index (χ0n) is 22.2. The highest BCUT2D eigenvalue weighted by Gasteiger charge is 2.17. The average molecular weight is 516 g/mol. The maximum absolute atomic E-state index is 12.7. The van der Waals surface area contributed by atoms with Gasteiger partial charge < -0.3 is 18.6 Å². The lowest BCUT2D eigenvalue weighted by atomic mass is 10.1. The maximum atomic E-state index is 12.7. The van der Waals surface area contributed by atoms with Crippen LogP contribution in [-0.2, 0) is 16.0 Å². The highest BCUT2D eigenvalue weighted by atomic mass is 16.5. The number of nitrogens with zero attached hydrogens (tertiary/aromatic N) is 4. The standard InChI is InChI=1S/C28H29N5O5/c1-7-32-18(4)30-24-14-19(8-9-25(24)32)26(34)31-29-15-22-10-16(2)33(17(22)3)23-12-20(27(35)37-5)11-21(13-23)28(36)38-6/h8-15H,7H2,1-6H3,(H,31,34)/b29-15+. The zero-order chi connectivity index (χ0) is 27.6. The molecule has 0 aliphatic heterocycles. The van der Waals surface area contributed by atoms with E-state index >= 15 is 0 Å². The van der Waals surface area contributed by atoms with Crippen molar-refractivity contribution in [2.24, 2.45) is 5.10 Å². The number of hydrogen-bond donors (Lipinski definition) is 1. The first-order valence-corrected chi connectivity index (χ1v) is 12.0. The first-order valence-electron chi connectivity index (χ1n) is 12.0. The number of carbonyl (C=O) groups excluding carboxylic acids is 3. The Kier molecular flexibility index (Phi) is 7.43. The molecule has 196 valence electrons. The van der Waals surface area contributed by atoms with Gasteiger partial charge in [0.15, 0.2) is 0 Å². The van der Waals surface area contributed by atoms with Crippen LogP contribution in [-0.4, -0.2) is 52.4 Å². The van der Waals surface area contributed by atoms with E-state index in [4.69, 9.17) is 9.47 Å². The van der Waals surface area contributed by atoms with Crippen molar-refractivity contribution in [2.75, 3.05) is 14.2 Å². The fraction of sp³-hybridized carbons (Fsp3) is 0.250. The molecule has 0 aliphatic rings. The Balaban J connectivity index is 1.60. The van der Waals surface area contributed by atoms with Crippen molar-refractivity contribution in [1.29, 1.82) is 0 Å². The number of fused-ring (bicyclic) bond motifs is 1. The molecule has 0 aliphatic carbocycles. The van der Waals surface area contributed by atoms with E-state index in [1.165, 1.54) is 20.3 Å². The van der Waals surface area contributed by atoms with Crippen molar-refractivity contribution in [3.63, 3.8) is 0 Å². The molecule has 1 N–H and O–H groups in total. The van der Waals surface area contributed by atoms with Gasteiger partial charge in [-0.25, -0.2) is 20.0 Å². The van der Waals surface area contributed by atoms with E-state index in [2.05, 4.69) is 20.1 Å². The molecular weight excluding hydrogens is 486 g/mol. The molecule has 2 aromatic heterocycles. The van der Waals surface area contributed by atoms with Gasteiger partial charge in [-0.05, 0) is 70.2 Å². The van der Waals surface area contributed by atoms with E-state index in [0.717, 1.165) is 40.4 Å². The van der Waals surface area contributed by atoms with Gasteiger partial charge in [0.25, 0.3) is 5.91 Å². The summed E-state index contributed by atoms with van der Waals surface area (Å²) < 4.78 is 13.6. The van der Waals surface area contributed by atoms with Crippen LogP contribution < -0.4 is 5.43 Å². The largest absolute Gasteiger partial charge is 0.465 e. The number of hydrazone groups is 1. The second-order valence-electron chi connectivity index (χ2n) is 8.72. The maximum Gasteiger partial charge on any atom is 0.337 e. The number of ether oxygens (including phenoxy) is 2. The highest BCUT2D eigenvalue weighted by molar-refractivity contribution is 5.98. The minimum atomic E-state index is -0.571. The van der Waals surface area contributed by atoms with Gasteiger partial charge in [-0.15, -0.1) is 0 Å². The molecule has 0 saturated carbocycles. The van der Waals surface area contributed by atoms with Gasteiger partial charge in [0.2, 0.25) is 0 Å². The van der Waals surface area contributed by atoms with Crippen LogP contribution in [0.5, 0.6) is 0 Å². The third-order valence-electron chi connectivity index (χ3n) is 6.38. The Morgan fingerprint density at radius 3 is 2.21 bits per heavy atom. The second kappa shape index (κ2) is 10.7. The van der Waals surface area contributed by atoms with Crippen LogP contribution >= 0.6 is 0 Å². The molecule has 2 heterocycles. The molecule has 1 amide bonds. The fourth-order valence-corrected chi connectivity index (χ4v) is 4.54. The number of rotatable bonds is 7. The van der Waals surface area contributed by atoms with Gasteiger partial charge in [0.05, 0.1) is 42.6 Å². The van der Waals surface area contributed by atoms with Crippen LogP contribution in [0.3, 0.4) is 0 Å². The van der Waals surface area contributed by atoms with Crippen LogP contribution in [0.1, 0.15) is 60.8 Å². The van der Waals surface area contributed by atoms with Crippen molar-refractivity contribution in [3.8, 4) is 5.69 Å². The smallest absolute Gasteiger partial charge is 0.337 e. The van der Waals surface area contributed by atoms with Crippen LogP contribution in [0.4, 0.5) is 0 Å². The van der Waals surface area contributed by atoms with Gasteiger partial charge in [-0.1, -0.05) is 0 Å². The number of esters is 2. The van der Waals surface area contributed by atoms with E-state index in [9.17, 15) is 14.4 Å². The summed E-state index contributed by atoms with van der Waals surface area (Å²) in [7, 11) is 2.55. The molecule has 0 atom stereocenters. The van der Waals surface area contributed by atoms with E-state index < -0.39 is 11.9 Å². The first kappa shape index (κ1) is 26.3. The molecule has 4 rings (SSSR count). The third-order valence-corrected chi connectivity index (χ3v) is 6.38. The summed E-state index contributed by atoms with van der Waals surface area (Å²) in [5, 5.41) is 4.15. The number of hydrogen-bond acceptors (Lipinski definition) is 7. The van der Waals surface area contributed by atoms with Gasteiger partial charge in [0.1, 0.15) is 5.82 Å². The van der Waals surface area contributed by atoms with Crippen molar-refractivity contribution in [2.45, 2.75) is 34.2 Å². The lowest BCUT2D eigenvalue weighted by Crippen LogP contribution is -2.17. The van der Waals surface area contributed by atoms with Crippen molar-refractivity contribution in [3.05, 3.63) is 81.9 Å². The Bertz CT molecular complexity index is 1560. The van der Waals surface area contributed by atoms with E-state index in [1.54, 1.807) is 30.5 Å². The van der Waals surface area contributed by atoms with Crippen LogP contribution in [0, 0.1) is 20.8 Å². The van der Waals surface area contributed by atoms with Gasteiger partial charge in [0, 0.05) is 34.7 Å². The van der Waals surface area contributed by atoms with Crippen molar-refractivity contribution < 1.29 is 23.9 Å². The summed E-state index contributed by atoms with van der Waals surface area (Å²) in [6, 6.07) is 12.0. The number of nitrogens with one attached hydrogen (secondary N) is 1. The van der Waals surface area contributed by atoms with E-state index in [1.807, 2.05) is 44.4 Å². The average Bonchev–Trinajstić information content (AvgIpc) is 3.39. The molecule has 10 nitrogen and oxygen atoms in total. The zero-order valence-corrected chi connectivity index (χ0v) is 22.2. The fourth-order valence-electron chi connectivity index (χ4n) is 4.54. The SMILES string of the molecule is CCn1c(C)nc2cc(C(=O)N/N=C/c3cc(C)n(-c4cc(C(=O)OC)cc(C(=O)OC)c4)c3C)ccc21. The van der Waals surface area contributed by atoms with Crippen LogP contribution in [0.2, 0.25) is 0 Å². The van der Waals surface area contributed by atoms with E-state index in [-0.39, 0.29) is 17.0 Å². The lowest BCUT2D eigenvalue weighted by molar-refractivity contribution is 0.0598. The van der Waals surface area contributed by atoms with Gasteiger partial charge in [-0.2, -0.15) is 5.10 Å². The molecule has 0 radical (unpaired) electrons. The second-order valence-corrected chi connectivity index (χ2v) is 8.72. The van der Waals surface area contributed by atoms with Gasteiger partial charge >= 0.3 is 11.9 Å². The summed E-state index contributed by atoms with van der Waals surface area (Å²) in [6.45, 7) is 8.55. The summed E-state index contributed by atoms with van der Waals surface area (Å²) >= 11 is 0. The van der Waals surface area contributed by atoms with Crippen molar-refractivity contribution in [1.82, 2.24) is 19.5 Å². The molecule has 4 aromatic rings. The quantitative estimate of drug-likeness (QED) is 0.225. The number of aromatic nitrogens is 3. The van der Waals surface area contributed by atoms with Crippen LogP contribution in [0.15, 0.2) is 47.6 Å². The molecule has 2 aromatic carbocycles. The molecule has 0 bridgehead atoms. The molecule has 10 heteroatoms. The Morgan fingerprint density at radius 1 is 0.947 bits per heavy atom. The third kappa shape index (κ3) is 4.93. The van der Waals surface area contributed by atoms with E-state index in [0.29, 0.717) is 11.3 Å². The molecule has 0 saturated heterocycles. The molecule has 0 unspecified atom stereocenters. The normalized spacial score (nSPS) is 11.2. The number of aryl methyl sites for hydroxylation is 3. The molecule has 0 spiro atoms. The van der Waals surface area contributed by atoms with Crippen LogP contribution in [0.25, 0.3) is 16.7 Å². The molecular formula is C28H29N5O5. The number of carbonyl (C=O) groups is 3. The lowest BCUT2D eigenvalue weighted by Gasteiger charge is -2.13. The number of benzene rings is 2. The Morgan fingerprint density at radius 2 is 1.61 bits per heavy atom. The first-order chi connectivity index (χ1) is 18.2. The predicted molar refractivity (Wildman–Crippen MR) is 143 cm³/mol.